The fourth-order valence-electron chi connectivity index (χ4n) is 2.82. The van der Waals surface area contributed by atoms with Gasteiger partial charge in [0.2, 0.25) is 0 Å². The highest BCUT2D eigenvalue weighted by Gasteiger charge is 2.40. The van der Waals surface area contributed by atoms with Crippen LogP contribution < -0.4 is 15.6 Å². The van der Waals surface area contributed by atoms with Crippen molar-refractivity contribution < 1.29 is 49.5 Å². The Bertz CT molecular complexity index is 1410. The molecule has 17 heteroatoms. The van der Waals surface area contributed by atoms with Gasteiger partial charge in [-0.3, -0.25) is 19.8 Å². The van der Waals surface area contributed by atoms with E-state index in [1.165, 1.54) is 0 Å². The molecular weight excluding hydrogens is 566 g/mol. The number of imide groups is 1. The van der Waals surface area contributed by atoms with Gasteiger partial charge in [-0.05, 0) is 29.8 Å². The van der Waals surface area contributed by atoms with Gasteiger partial charge in [0, 0.05) is 7.05 Å². The number of halogens is 8. The summed E-state index contributed by atoms with van der Waals surface area (Å²) >= 11 is 0.0746. The van der Waals surface area contributed by atoms with Crippen molar-refractivity contribution in [3.8, 4) is 0 Å². The van der Waals surface area contributed by atoms with Gasteiger partial charge in [0.1, 0.15) is 22.1 Å². The molecule has 0 fully saturated rings. The maximum atomic E-state index is 13.8. The molecule has 3 aromatic rings. The largest absolute Gasteiger partial charge is 0.435 e. The number of alkyl halides is 6. The standard InChI is InChI=1S/C22H13F8N5O3S/c1-35(19(38)33-17(36)14-12(23)3-2-4-13(14)24)20-32-16(22(28,29)30)15(39-20)18(37)34-31-9-10-5-7-11(8-6-10)21(25,26)27/h2-9H,1H3,(H,34,37)(H,33,36,38)/b31-9+. The molecule has 0 aliphatic heterocycles. The van der Waals surface area contributed by atoms with E-state index in [1.54, 1.807) is 10.7 Å². The molecular formula is C22H13F8N5O3S. The second-order valence-corrected chi connectivity index (χ2v) is 8.38. The minimum atomic E-state index is -5.18. The van der Waals surface area contributed by atoms with E-state index in [2.05, 4.69) is 10.1 Å². The van der Waals surface area contributed by atoms with Crippen molar-refractivity contribution in [3.05, 3.63) is 81.4 Å². The number of nitrogens with zero attached hydrogens (tertiary/aromatic N) is 3. The van der Waals surface area contributed by atoms with E-state index in [9.17, 15) is 49.5 Å². The van der Waals surface area contributed by atoms with Crippen molar-refractivity contribution in [2.75, 3.05) is 11.9 Å². The lowest BCUT2D eigenvalue weighted by Crippen LogP contribution is -2.41. The van der Waals surface area contributed by atoms with Crippen LogP contribution in [0.4, 0.5) is 45.0 Å². The Kier molecular flexibility index (Phi) is 8.33. The number of rotatable bonds is 5. The zero-order valence-electron chi connectivity index (χ0n) is 19.1. The summed E-state index contributed by atoms with van der Waals surface area (Å²) in [5, 5.41) is 4.28. The predicted molar refractivity (Wildman–Crippen MR) is 121 cm³/mol. The number of hydrogen-bond acceptors (Lipinski definition) is 6. The molecule has 2 N–H and O–H groups in total. The van der Waals surface area contributed by atoms with Crippen LogP contribution in [-0.4, -0.2) is 36.1 Å². The summed E-state index contributed by atoms with van der Waals surface area (Å²) in [4.78, 5) is 39.4. The van der Waals surface area contributed by atoms with E-state index in [0.717, 1.165) is 55.7 Å². The van der Waals surface area contributed by atoms with E-state index in [0.29, 0.717) is 4.90 Å². The molecule has 0 unspecified atom stereocenters. The van der Waals surface area contributed by atoms with Crippen LogP contribution in [0.15, 0.2) is 47.6 Å². The summed E-state index contributed by atoms with van der Waals surface area (Å²) in [6.45, 7) is 0. The highest BCUT2D eigenvalue weighted by atomic mass is 32.1. The molecule has 0 spiro atoms. The Balaban J connectivity index is 1.77. The number of carbonyl (C=O) groups is 3. The molecule has 4 amide bonds. The van der Waals surface area contributed by atoms with Crippen LogP contribution >= 0.6 is 11.3 Å². The molecule has 8 nitrogen and oxygen atoms in total. The molecule has 3 rings (SSSR count). The number of aromatic nitrogens is 1. The first-order valence-corrected chi connectivity index (χ1v) is 11.0. The van der Waals surface area contributed by atoms with Gasteiger partial charge in [0.05, 0.1) is 11.8 Å². The topological polar surface area (TPSA) is 104 Å². The molecule has 0 radical (unpaired) electrons. The van der Waals surface area contributed by atoms with Gasteiger partial charge in [0.25, 0.3) is 11.8 Å². The lowest BCUT2D eigenvalue weighted by molar-refractivity contribution is -0.141. The van der Waals surface area contributed by atoms with Crippen LogP contribution in [0.25, 0.3) is 0 Å². The van der Waals surface area contributed by atoms with E-state index in [1.807, 2.05) is 0 Å². The Hall–Kier alpha value is -4.41. The maximum Gasteiger partial charge on any atom is 0.435 e. The van der Waals surface area contributed by atoms with Crippen LogP contribution in [0.5, 0.6) is 0 Å². The van der Waals surface area contributed by atoms with Gasteiger partial charge < -0.3 is 0 Å². The number of hydrazone groups is 1. The van der Waals surface area contributed by atoms with Crippen LogP contribution in [0.1, 0.15) is 36.9 Å². The van der Waals surface area contributed by atoms with E-state index in [4.69, 9.17) is 0 Å². The van der Waals surface area contributed by atoms with E-state index in [-0.39, 0.29) is 16.9 Å². The second-order valence-electron chi connectivity index (χ2n) is 7.41. The van der Waals surface area contributed by atoms with Crippen LogP contribution in [-0.2, 0) is 12.4 Å². The summed E-state index contributed by atoms with van der Waals surface area (Å²) in [5.74, 6) is -5.54. The molecule has 0 saturated heterocycles. The first-order chi connectivity index (χ1) is 18.1. The van der Waals surface area contributed by atoms with Crippen LogP contribution in [0, 0.1) is 11.6 Å². The molecule has 0 bridgehead atoms. The highest BCUT2D eigenvalue weighted by Crippen LogP contribution is 2.37. The zero-order chi connectivity index (χ0) is 29.1. The quantitative estimate of drug-likeness (QED) is 0.246. The van der Waals surface area contributed by atoms with E-state index < -0.39 is 68.7 Å². The Morgan fingerprint density at radius 2 is 1.51 bits per heavy atom. The Morgan fingerprint density at radius 1 is 0.923 bits per heavy atom. The molecule has 0 atom stereocenters. The third-order valence-corrected chi connectivity index (χ3v) is 5.84. The van der Waals surface area contributed by atoms with Crippen molar-refractivity contribution in [3.63, 3.8) is 0 Å². The number of urea groups is 1. The lowest BCUT2D eigenvalue weighted by Gasteiger charge is -2.14. The summed E-state index contributed by atoms with van der Waals surface area (Å²) in [6.07, 6.45) is -8.89. The summed E-state index contributed by atoms with van der Waals surface area (Å²) in [7, 11) is 0.879. The fourth-order valence-corrected chi connectivity index (χ4v) is 3.75. The van der Waals surface area contributed by atoms with Gasteiger partial charge in [-0.25, -0.2) is 24.0 Å². The third kappa shape index (κ3) is 6.92. The van der Waals surface area contributed by atoms with Gasteiger partial charge in [-0.2, -0.15) is 31.4 Å². The smallest absolute Gasteiger partial charge is 0.273 e. The van der Waals surface area contributed by atoms with Gasteiger partial charge in [-0.1, -0.05) is 29.5 Å². The minimum Gasteiger partial charge on any atom is -0.273 e. The molecule has 0 saturated carbocycles. The second kappa shape index (κ2) is 11.1. The predicted octanol–water partition coefficient (Wildman–Crippen LogP) is 5.21. The van der Waals surface area contributed by atoms with E-state index >= 15 is 0 Å². The minimum absolute atomic E-state index is 0.0746. The Labute approximate surface area is 216 Å². The number of amides is 4. The van der Waals surface area contributed by atoms with Crippen LogP contribution in [0.3, 0.4) is 0 Å². The van der Waals surface area contributed by atoms with Gasteiger partial charge in [-0.15, -0.1) is 0 Å². The summed E-state index contributed by atoms with van der Waals surface area (Å²) in [5.41, 5.74) is -1.92. The first kappa shape index (κ1) is 29.2. The Morgan fingerprint density at radius 3 is 2.05 bits per heavy atom. The maximum absolute atomic E-state index is 13.8. The zero-order valence-corrected chi connectivity index (χ0v) is 19.9. The molecule has 206 valence electrons. The first-order valence-electron chi connectivity index (χ1n) is 10.2. The third-order valence-electron chi connectivity index (χ3n) is 4.71. The van der Waals surface area contributed by atoms with Crippen LogP contribution in [0.2, 0.25) is 0 Å². The SMILES string of the molecule is CN(C(=O)NC(=O)c1c(F)cccc1F)c1nc(C(F)(F)F)c(C(=O)N/N=C/c2ccc(C(F)(F)F)cc2)s1. The number of hydrogen-bond donors (Lipinski definition) is 2. The van der Waals surface area contributed by atoms with Crippen molar-refractivity contribution in [1.82, 2.24) is 15.7 Å². The van der Waals surface area contributed by atoms with Gasteiger partial charge in [0.15, 0.2) is 10.8 Å². The lowest BCUT2D eigenvalue weighted by atomic mass is 10.1. The molecule has 2 aromatic carbocycles. The normalized spacial score (nSPS) is 11.9. The summed E-state index contributed by atoms with van der Waals surface area (Å²) in [6, 6.07) is 4.50. The molecule has 39 heavy (non-hydrogen) atoms. The molecule has 0 aliphatic rings. The number of benzene rings is 2. The van der Waals surface area contributed by atoms with Crippen molar-refractivity contribution in [1.29, 1.82) is 0 Å². The molecule has 1 heterocycles. The van der Waals surface area contributed by atoms with Crippen molar-refractivity contribution in [2.24, 2.45) is 5.10 Å². The fraction of sp³-hybridized carbons (Fsp3) is 0.136. The molecule has 0 aliphatic carbocycles. The van der Waals surface area contributed by atoms with Crippen molar-refractivity contribution >= 4 is 40.5 Å². The summed E-state index contributed by atoms with van der Waals surface area (Å²) < 4.78 is 106. The number of thiazole rings is 1. The van der Waals surface area contributed by atoms with Crippen molar-refractivity contribution in [2.45, 2.75) is 12.4 Å². The number of anilines is 1. The average molecular weight is 579 g/mol. The molecule has 1 aromatic heterocycles. The number of nitrogens with one attached hydrogen (secondary N) is 2. The highest BCUT2D eigenvalue weighted by molar-refractivity contribution is 7.17. The monoisotopic (exact) mass is 579 g/mol. The average Bonchev–Trinajstić information content (AvgIpc) is 3.29. The van der Waals surface area contributed by atoms with Gasteiger partial charge >= 0.3 is 18.4 Å². The number of carbonyl (C=O) groups excluding carboxylic acids is 3.